The van der Waals surface area contributed by atoms with Crippen molar-refractivity contribution in [3.05, 3.63) is 24.3 Å². The van der Waals surface area contributed by atoms with Crippen LogP contribution < -0.4 is 9.46 Å². The van der Waals surface area contributed by atoms with E-state index in [-0.39, 0.29) is 17.0 Å². The first-order valence-electron chi connectivity index (χ1n) is 6.89. The summed E-state index contributed by atoms with van der Waals surface area (Å²) in [7, 11) is -3.51. The Morgan fingerprint density at radius 3 is 2.65 bits per heavy atom. The van der Waals surface area contributed by atoms with E-state index in [2.05, 4.69) is 4.72 Å². The highest BCUT2D eigenvalue weighted by Gasteiger charge is 2.26. The van der Waals surface area contributed by atoms with Crippen molar-refractivity contribution in [3.63, 3.8) is 0 Å². The lowest BCUT2D eigenvalue weighted by molar-refractivity contribution is 0.0902. The van der Waals surface area contributed by atoms with Gasteiger partial charge in [-0.1, -0.05) is 0 Å². The van der Waals surface area contributed by atoms with E-state index in [0.29, 0.717) is 19.0 Å². The fourth-order valence-electron chi connectivity index (χ4n) is 2.27. The summed E-state index contributed by atoms with van der Waals surface area (Å²) in [6, 6.07) is 6.20. The third-order valence-electron chi connectivity index (χ3n) is 3.31. The molecule has 0 radical (unpaired) electrons. The minimum absolute atomic E-state index is 0.0347. The molecule has 6 heteroatoms. The molecule has 1 aromatic carbocycles. The Kier molecular flexibility index (Phi) is 5.01. The number of rotatable bonds is 6. The molecule has 5 nitrogen and oxygen atoms in total. The summed E-state index contributed by atoms with van der Waals surface area (Å²) in [5.74, 6) is 0.665. The Balaban J connectivity index is 2.05. The molecule has 112 valence electrons. The van der Waals surface area contributed by atoms with Crippen LogP contribution in [0.1, 0.15) is 26.7 Å². The third-order valence-corrected chi connectivity index (χ3v) is 4.88. The van der Waals surface area contributed by atoms with Gasteiger partial charge in [0.15, 0.2) is 0 Å². The second-order valence-electron chi connectivity index (χ2n) is 4.87. The van der Waals surface area contributed by atoms with Crippen LogP contribution >= 0.6 is 0 Å². The highest BCUT2D eigenvalue weighted by Crippen LogP contribution is 2.19. The van der Waals surface area contributed by atoms with Gasteiger partial charge in [0.05, 0.1) is 17.6 Å². The maximum atomic E-state index is 12.3. The first-order valence-corrected chi connectivity index (χ1v) is 8.38. The van der Waals surface area contributed by atoms with Crippen LogP contribution in [0, 0.1) is 0 Å². The zero-order chi connectivity index (χ0) is 14.6. The lowest BCUT2D eigenvalue weighted by Crippen LogP contribution is -2.40. The molecule has 0 aromatic heterocycles. The summed E-state index contributed by atoms with van der Waals surface area (Å²) < 4.78 is 38.0. The molecule has 2 unspecified atom stereocenters. The Labute approximate surface area is 120 Å². The summed E-state index contributed by atoms with van der Waals surface area (Å²) >= 11 is 0. The molecular formula is C14H21NO4S. The number of benzene rings is 1. The minimum Gasteiger partial charge on any atom is -0.494 e. The fraction of sp³-hybridized carbons (Fsp3) is 0.571. The van der Waals surface area contributed by atoms with Crippen LogP contribution in [-0.4, -0.2) is 33.8 Å². The summed E-state index contributed by atoms with van der Waals surface area (Å²) in [5.41, 5.74) is 0. The zero-order valence-electron chi connectivity index (χ0n) is 11.8. The van der Waals surface area contributed by atoms with E-state index in [1.54, 1.807) is 24.3 Å². The lowest BCUT2D eigenvalue weighted by Gasteiger charge is -2.20. The summed E-state index contributed by atoms with van der Waals surface area (Å²) in [6.45, 7) is 4.98. The highest BCUT2D eigenvalue weighted by molar-refractivity contribution is 7.89. The Morgan fingerprint density at radius 1 is 1.40 bits per heavy atom. The van der Waals surface area contributed by atoms with Gasteiger partial charge >= 0.3 is 0 Å². The Morgan fingerprint density at radius 2 is 2.10 bits per heavy atom. The van der Waals surface area contributed by atoms with E-state index in [0.717, 1.165) is 12.8 Å². The average molecular weight is 299 g/mol. The van der Waals surface area contributed by atoms with Gasteiger partial charge in [0.2, 0.25) is 10.0 Å². The molecule has 0 amide bonds. The van der Waals surface area contributed by atoms with E-state index in [1.807, 2.05) is 13.8 Å². The maximum absolute atomic E-state index is 12.3. The van der Waals surface area contributed by atoms with Crippen molar-refractivity contribution in [3.8, 4) is 5.75 Å². The number of sulfonamides is 1. The smallest absolute Gasteiger partial charge is 0.240 e. The minimum atomic E-state index is -3.51. The van der Waals surface area contributed by atoms with Gasteiger partial charge in [-0.05, 0) is 51.0 Å². The van der Waals surface area contributed by atoms with E-state index in [9.17, 15) is 8.42 Å². The second-order valence-corrected chi connectivity index (χ2v) is 6.58. The molecule has 0 saturated carbocycles. The van der Waals surface area contributed by atoms with Gasteiger partial charge in [-0.3, -0.25) is 0 Å². The Hall–Kier alpha value is -1.11. The van der Waals surface area contributed by atoms with Crippen LogP contribution in [0.4, 0.5) is 0 Å². The highest BCUT2D eigenvalue weighted by atomic mass is 32.2. The van der Waals surface area contributed by atoms with E-state index < -0.39 is 10.0 Å². The van der Waals surface area contributed by atoms with Gasteiger partial charge in [-0.15, -0.1) is 0 Å². The molecule has 1 aliphatic rings. The van der Waals surface area contributed by atoms with Crippen molar-refractivity contribution >= 4 is 10.0 Å². The molecule has 1 N–H and O–H groups in total. The number of nitrogens with one attached hydrogen (secondary N) is 1. The molecule has 20 heavy (non-hydrogen) atoms. The van der Waals surface area contributed by atoms with Crippen molar-refractivity contribution in [2.45, 2.75) is 43.7 Å². The molecule has 1 heterocycles. The van der Waals surface area contributed by atoms with Gasteiger partial charge in [-0.2, -0.15) is 0 Å². The van der Waals surface area contributed by atoms with Crippen LogP contribution in [0.3, 0.4) is 0 Å². The van der Waals surface area contributed by atoms with Crippen molar-refractivity contribution in [2.75, 3.05) is 13.2 Å². The van der Waals surface area contributed by atoms with E-state index in [4.69, 9.17) is 9.47 Å². The summed E-state index contributed by atoms with van der Waals surface area (Å²) in [6.07, 6.45) is 1.85. The van der Waals surface area contributed by atoms with Crippen LogP contribution in [0.25, 0.3) is 0 Å². The predicted molar refractivity (Wildman–Crippen MR) is 76.4 cm³/mol. The molecule has 2 rings (SSSR count). The monoisotopic (exact) mass is 299 g/mol. The van der Waals surface area contributed by atoms with Crippen molar-refractivity contribution in [1.82, 2.24) is 4.72 Å². The van der Waals surface area contributed by atoms with Gasteiger partial charge in [0, 0.05) is 12.6 Å². The van der Waals surface area contributed by atoms with Crippen LogP contribution in [-0.2, 0) is 14.8 Å². The summed E-state index contributed by atoms with van der Waals surface area (Å²) in [5, 5.41) is 0. The third kappa shape index (κ3) is 3.71. The molecule has 0 aliphatic carbocycles. The van der Waals surface area contributed by atoms with Gasteiger partial charge in [-0.25, -0.2) is 13.1 Å². The maximum Gasteiger partial charge on any atom is 0.240 e. The first-order chi connectivity index (χ1) is 9.53. The SMILES string of the molecule is CCOc1ccc(S(=O)(=O)NC(C)C2CCCO2)cc1. The van der Waals surface area contributed by atoms with E-state index in [1.165, 1.54) is 0 Å². The number of hydrogen-bond acceptors (Lipinski definition) is 4. The largest absolute Gasteiger partial charge is 0.494 e. The van der Waals surface area contributed by atoms with Crippen molar-refractivity contribution in [1.29, 1.82) is 0 Å². The molecule has 0 bridgehead atoms. The lowest BCUT2D eigenvalue weighted by atomic mass is 10.1. The van der Waals surface area contributed by atoms with Crippen molar-refractivity contribution in [2.24, 2.45) is 0 Å². The molecule has 1 saturated heterocycles. The Bertz CT molecular complexity index is 521. The predicted octanol–water partition coefficient (Wildman–Crippen LogP) is 1.93. The zero-order valence-corrected chi connectivity index (χ0v) is 12.7. The van der Waals surface area contributed by atoms with Gasteiger partial charge in [0.25, 0.3) is 0 Å². The standard InChI is InChI=1S/C14H21NO4S/c1-3-18-12-6-8-13(9-7-12)20(16,17)15-11(2)14-5-4-10-19-14/h6-9,11,14-15H,3-5,10H2,1-2H3. The van der Waals surface area contributed by atoms with Gasteiger partial charge in [0.1, 0.15) is 5.75 Å². The van der Waals surface area contributed by atoms with Crippen LogP contribution in [0.15, 0.2) is 29.2 Å². The number of ether oxygens (including phenoxy) is 2. The van der Waals surface area contributed by atoms with Crippen LogP contribution in [0.5, 0.6) is 5.75 Å². The summed E-state index contributed by atoms with van der Waals surface area (Å²) in [4.78, 5) is 0.241. The molecule has 2 atom stereocenters. The second kappa shape index (κ2) is 6.56. The van der Waals surface area contributed by atoms with Gasteiger partial charge < -0.3 is 9.47 Å². The van der Waals surface area contributed by atoms with E-state index >= 15 is 0 Å². The quantitative estimate of drug-likeness (QED) is 0.872. The molecule has 1 aromatic rings. The molecule has 1 aliphatic heterocycles. The normalized spacial score (nSPS) is 20.8. The molecular weight excluding hydrogens is 278 g/mol. The number of hydrogen-bond donors (Lipinski definition) is 1. The van der Waals surface area contributed by atoms with Crippen molar-refractivity contribution < 1.29 is 17.9 Å². The first kappa shape index (κ1) is 15.3. The fourth-order valence-corrected chi connectivity index (χ4v) is 3.54. The topological polar surface area (TPSA) is 64.6 Å². The van der Waals surface area contributed by atoms with Crippen LogP contribution in [0.2, 0.25) is 0 Å². The molecule has 1 fully saturated rings. The molecule has 0 spiro atoms. The average Bonchev–Trinajstić information content (AvgIpc) is 2.93.